The lowest BCUT2D eigenvalue weighted by Gasteiger charge is -2.35. The fourth-order valence-corrected chi connectivity index (χ4v) is 5.11. The molecule has 8 heteroatoms. The van der Waals surface area contributed by atoms with E-state index in [1.165, 1.54) is 0 Å². The van der Waals surface area contributed by atoms with Crippen molar-refractivity contribution < 1.29 is 4.79 Å². The largest absolute Gasteiger partial charge is 0.369 e. The third kappa shape index (κ3) is 3.63. The Labute approximate surface area is 201 Å². The number of hydrogen-bond donors (Lipinski definition) is 2. The molecule has 1 aliphatic heterocycles. The molecule has 1 unspecified atom stereocenters. The number of aromatic nitrogens is 4. The van der Waals surface area contributed by atoms with Gasteiger partial charge in [0, 0.05) is 47.8 Å². The zero-order valence-electron chi connectivity index (χ0n) is 19.0. The van der Waals surface area contributed by atoms with Gasteiger partial charge in [0.2, 0.25) is 0 Å². The summed E-state index contributed by atoms with van der Waals surface area (Å²) in [5.74, 6) is -0.480. The van der Waals surface area contributed by atoms with Gasteiger partial charge in [-0.1, -0.05) is 12.1 Å². The second-order valence-electron chi connectivity index (χ2n) is 8.93. The van der Waals surface area contributed by atoms with E-state index in [0.717, 1.165) is 41.7 Å². The molecule has 3 N–H and O–H groups in total. The molecule has 1 saturated heterocycles. The predicted molar refractivity (Wildman–Crippen MR) is 137 cm³/mol. The molecule has 5 aromatic rings. The maximum atomic E-state index is 13.2. The lowest BCUT2D eigenvalue weighted by atomic mass is 10.0. The number of fused-ring (bicyclic) bond motifs is 2. The van der Waals surface area contributed by atoms with Crippen LogP contribution in [0.15, 0.2) is 78.1 Å². The van der Waals surface area contributed by atoms with Crippen molar-refractivity contribution in [1.82, 2.24) is 19.5 Å². The van der Waals surface area contributed by atoms with Gasteiger partial charge in [-0.25, -0.2) is 4.98 Å². The summed E-state index contributed by atoms with van der Waals surface area (Å²) in [6.07, 6.45) is 7.01. The van der Waals surface area contributed by atoms with E-state index in [2.05, 4.69) is 19.9 Å². The van der Waals surface area contributed by atoms with Crippen LogP contribution in [0, 0.1) is 0 Å². The zero-order chi connectivity index (χ0) is 23.9. The third-order valence-electron chi connectivity index (χ3n) is 6.83. The fourth-order valence-electron chi connectivity index (χ4n) is 5.11. The summed E-state index contributed by atoms with van der Waals surface area (Å²) in [5, 5.41) is 1.55. The van der Waals surface area contributed by atoms with Gasteiger partial charge in [-0.3, -0.25) is 19.1 Å². The fraction of sp³-hybridized carbons (Fsp3) is 0.185. The molecule has 1 aliphatic rings. The van der Waals surface area contributed by atoms with Crippen molar-refractivity contribution in [1.29, 1.82) is 0 Å². The molecule has 1 atom stereocenters. The topological polar surface area (TPSA) is 110 Å². The smallest absolute Gasteiger partial charge is 0.261 e. The number of amides is 1. The van der Waals surface area contributed by atoms with Crippen molar-refractivity contribution in [2.75, 3.05) is 18.0 Å². The molecule has 0 aliphatic carbocycles. The summed E-state index contributed by atoms with van der Waals surface area (Å²) in [6, 6.07) is 17.1. The van der Waals surface area contributed by atoms with Gasteiger partial charge < -0.3 is 15.6 Å². The van der Waals surface area contributed by atoms with Crippen LogP contribution in [0.5, 0.6) is 0 Å². The van der Waals surface area contributed by atoms with Crippen molar-refractivity contribution in [2.24, 2.45) is 5.73 Å². The lowest BCUT2D eigenvalue weighted by molar-refractivity contribution is 0.100. The van der Waals surface area contributed by atoms with Crippen molar-refractivity contribution in [3.63, 3.8) is 0 Å². The van der Waals surface area contributed by atoms with Gasteiger partial charge in [-0.05, 0) is 55.3 Å². The van der Waals surface area contributed by atoms with Gasteiger partial charge in [-0.2, -0.15) is 0 Å². The number of H-pyrrole nitrogens is 1. The van der Waals surface area contributed by atoms with Crippen molar-refractivity contribution in [2.45, 2.75) is 18.9 Å². The number of primary amides is 1. The highest BCUT2D eigenvalue weighted by atomic mass is 16.1. The number of carbonyl (C=O) groups excluding carboxylic acids is 1. The van der Waals surface area contributed by atoms with Crippen LogP contribution in [0.1, 0.15) is 29.2 Å². The van der Waals surface area contributed by atoms with Gasteiger partial charge in [0.05, 0.1) is 34.4 Å². The van der Waals surface area contributed by atoms with Gasteiger partial charge in [0.15, 0.2) is 0 Å². The summed E-state index contributed by atoms with van der Waals surface area (Å²) in [4.78, 5) is 39.8. The molecular formula is C27H24N6O2. The van der Waals surface area contributed by atoms with Crippen LogP contribution >= 0.6 is 0 Å². The molecule has 8 nitrogen and oxygen atoms in total. The first-order chi connectivity index (χ1) is 17.1. The summed E-state index contributed by atoms with van der Waals surface area (Å²) in [6.45, 7) is 1.52. The average molecular weight is 465 g/mol. The van der Waals surface area contributed by atoms with Crippen molar-refractivity contribution in [3.8, 4) is 11.3 Å². The Balaban J connectivity index is 1.41. The number of pyridine rings is 1. The van der Waals surface area contributed by atoms with Crippen LogP contribution < -0.4 is 16.2 Å². The number of nitrogens with two attached hydrogens (primary N) is 1. The number of carbonyl (C=O) groups is 1. The van der Waals surface area contributed by atoms with Gasteiger partial charge in [0.25, 0.3) is 11.5 Å². The number of para-hydroxylation sites is 1. The Hall–Kier alpha value is -4.46. The number of anilines is 1. The van der Waals surface area contributed by atoms with E-state index in [1.807, 2.05) is 48.5 Å². The van der Waals surface area contributed by atoms with E-state index < -0.39 is 5.91 Å². The predicted octanol–water partition coefficient (Wildman–Crippen LogP) is 3.88. The highest BCUT2D eigenvalue weighted by Crippen LogP contribution is 2.36. The van der Waals surface area contributed by atoms with Crippen LogP contribution in [0.25, 0.3) is 33.1 Å². The summed E-state index contributed by atoms with van der Waals surface area (Å²) in [5.41, 5.74) is 10.3. The van der Waals surface area contributed by atoms with E-state index in [0.29, 0.717) is 28.5 Å². The first-order valence-corrected chi connectivity index (χ1v) is 11.7. The second kappa shape index (κ2) is 8.39. The molecular weight excluding hydrogens is 440 g/mol. The highest BCUT2D eigenvalue weighted by molar-refractivity contribution is 6.09. The molecule has 4 heterocycles. The molecule has 0 spiro atoms. The van der Waals surface area contributed by atoms with Crippen molar-refractivity contribution >= 4 is 33.4 Å². The van der Waals surface area contributed by atoms with Crippen LogP contribution in [0.4, 0.5) is 5.69 Å². The minimum Gasteiger partial charge on any atom is -0.369 e. The van der Waals surface area contributed by atoms with E-state index in [-0.39, 0.29) is 11.6 Å². The molecule has 1 fully saturated rings. The number of piperidine rings is 1. The quantitative estimate of drug-likeness (QED) is 0.419. The minimum absolute atomic E-state index is 0.00374. The monoisotopic (exact) mass is 464 g/mol. The summed E-state index contributed by atoms with van der Waals surface area (Å²) in [7, 11) is 0. The molecule has 2 aromatic carbocycles. The van der Waals surface area contributed by atoms with E-state index >= 15 is 0 Å². The SMILES string of the molecule is NC(=O)c1ccc(N2CCCC(n3cnc4ccccc4c3=O)C2)c2cc(-c3cccnc3)[nH]c12. The Morgan fingerprint density at radius 1 is 1.09 bits per heavy atom. The molecule has 35 heavy (non-hydrogen) atoms. The van der Waals surface area contributed by atoms with Gasteiger partial charge >= 0.3 is 0 Å². The van der Waals surface area contributed by atoms with Crippen LogP contribution in [0.3, 0.4) is 0 Å². The van der Waals surface area contributed by atoms with E-state index in [9.17, 15) is 9.59 Å². The van der Waals surface area contributed by atoms with Gasteiger partial charge in [-0.15, -0.1) is 0 Å². The standard InChI is InChI=1S/C27H24N6O2/c28-26(34)20-9-10-24(21-13-23(31-25(20)21)17-5-3-11-29-14-17)32-12-4-6-18(15-32)33-16-30-22-8-2-1-7-19(22)27(33)35/h1-3,5,7-11,13-14,16,18,31H,4,6,12,15H2,(H2,28,34). The van der Waals surface area contributed by atoms with Crippen LogP contribution in [-0.4, -0.2) is 38.5 Å². The van der Waals surface area contributed by atoms with Crippen LogP contribution in [0.2, 0.25) is 0 Å². The Morgan fingerprint density at radius 3 is 2.80 bits per heavy atom. The molecule has 0 saturated carbocycles. The lowest BCUT2D eigenvalue weighted by Crippen LogP contribution is -2.40. The third-order valence-corrected chi connectivity index (χ3v) is 6.83. The Kier molecular flexibility index (Phi) is 5.06. The second-order valence-corrected chi connectivity index (χ2v) is 8.93. The molecule has 174 valence electrons. The maximum Gasteiger partial charge on any atom is 0.261 e. The van der Waals surface area contributed by atoms with Gasteiger partial charge in [0.1, 0.15) is 0 Å². The number of rotatable bonds is 4. The summed E-state index contributed by atoms with van der Waals surface area (Å²) < 4.78 is 1.77. The summed E-state index contributed by atoms with van der Waals surface area (Å²) >= 11 is 0. The van der Waals surface area contributed by atoms with Crippen LogP contribution in [-0.2, 0) is 0 Å². The number of hydrogen-bond acceptors (Lipinski definition) is 5. The number of nitrogens with zero attached hydrogens (tertiary/aromatic N) is 4. The zero-order valence-corrected chi connectivity index (χ0v) is 19.0. The minimum atomic E-state index is -0.480. The molecule has 0 bridgehead atoms. The first-order valence-electron chi connectivity index (χ1n) is 11.7. The Bertz CT molecular complexity index is 1620. The first kappa shape index (κ1) is 21.1. The highest BCUT2D eigenvalue weighted by Gasteiger charge is 2.25. The van der Waals surface area contributed by atoms with E-state index in [1.54, 1.807) is 29.4 Å². The number of benzene rings is 2. The molecule has 6 rings (SSSR count). The van der Waals surface area contributed by atoms with Crippen molar-refractivity contribution in [3.05, 3.63) is 89.2 Å². The number of aromatic amines is 1. The molecule has 1 amide bonds. The molecule has 0 radical (unpaired) electrons. The maximum absolute atomic E-state index is 13.2. The van der Waals surface area contributed by atoms with E-state index in [4.69, 9.17) is 5.73 Å². The molecule has 3 aromatic heterocycles. The number of nitrogens with one attached hydrogen (secondary N) is 1. The normalized spacial score (nSPS) is 16.1. The Morgan fingerprint density at radius 2 is 1.97 bits per heavy atom. The average Bonchev–Trinajstić information content (AvgIpc) is 3.34.